The summed E-state index contributed by atoms with van der Waals surface area (Å²) in [5.41, 5.74) is 0.108. The minimum Gasteiger partial charge on any atom is -0.480 e. The molecule has 1 aromatic carbocycles. The van der Waals surface area contributed by atoms with Gasteiger partial charge < -0.3 is 10.4 Å². The van der Waals surface area contributed by atoms with Crippen LogP contribution < -0.4 is 10.6 Å². The zero-order chi connectivity index (χ0) is 16.0. The van der Waals surface area contributed by atoms with Crippen molar-refractivity contribution >= 4 is 17.6 Å². The SMILES string of the molecule is CC[C@H](C)[C@H](NCC(=O)Nc1ccc(F)c(F)c1)C(=O)O. The molecule has 0 heterocycles. The lowest BCUT2D eigenvalue weighted by molar-refractivity contribution is -0.140. The maximum atomic E-state index is 13.0. The fraction of sp³-hybridized carbons (Fsp3) is 0.429. The highest BCUT2D eigenvalue weighted by molar-refractivity contribution is 5.92. The first kappa shape index (κ1) is 17.0. The number of carboxylic acid groups (broad SMARTS) is 1. The Balaban J connectivity index is 2.56. The highest BCUT2D eigenvalue weighted by Crippen LogP contribution is 2.13. The Morgan fingerprint density at radius 3 is 2.48 bits per heavy atom. The molecule has 3 N–H and O–H groups in total. The highest BCUT2D eigenvalue weighted by Gasteiger charge is 2.23. The predicted molar refractivity (Wildman–Crippen MR) is 73.9 cm³/mol. The predicted octanol–water partition coefficient (Wildman–Crippen LogP) is 1.99. The van der Waals surface area contributed by atoms with Crippen molar-refractivity contribution in [3.8, 4) is 0 Å². The van der Waals surface area contributed by atoms with E-state index in [1.165, 1.54) is 6.07 Å². The Hall–Kier alpha value is -2.02. The van der Waals surface area contributed by atoms with Gasteiger partial charge in [-0.15, -0.1) is 0 Å². The van der Waals surface area contributed by atoms with E-state index in [0.29, 0.717) is 6.42 Å². The lowest BCUT2D eigenvalue weighted by Crippen LogP contribution is -2.45. The number of halogens is 2. The maximum absolute atomic E-state index is 13.0. The molecule has 0 bridgehead atoms. The van der Waals surface area contributed by atoms with E-state index in [-0.39, 0.29) is 18.2 Å². The fourth-order valence-corrected chi connectivity index (χ4v) is 1.75. The van der Waals surface area contributed by atoms with Crippen molar-refractivity contribution in [1.29, 1.82) is 0 Å². The molecule has 1 amide bonds. The standard InChI is InChI=1S/C14H18F2N2O3/c1-3-8(2)13(14(20)21)17-7-12(19)18-9-4-5-10(15)11(16)6-9/h4-6,8,13,17H,3,7H2,1-2H3,(H,18,19)(H,20,21)/t8-,13-/m0/s1. The van der Waals surface area contributed by atoms with Crippen molar-refractivity contribution in [2.24, 2.45) is 5.92 Å². The van der Waals surface area contributed by atoms with Crippen LogP contribution in [0.2, 0.25) is 0 Å². The van der Waals surface area contributed by atoms with Crippen molar-refractivity contribution in [3.63, 3.8) is 0 Å². The summed E-state index contributed by atoms with van der Waals surface area (Å²) in [5.74, 6) is -3.78. The number of anilines is 1. The molecule has 5 nitrogen and oxygen atoms in total. The molecule has 0 aliphatic rings. The van der Waals surface area contributed by atoms with Crippen LogP contribution in [-0.2, 0) is 9.59 Å². The average Bonchev–Trinajstić information content (AvgIpc) is 2.42. The summed E-state index contributed by atoms with van der Waals surface area (Å²) < 4.78 is 25.7. The Morgan fingerprint density at radius 2 is 1.95 bits per heavy atom. The number of amides is 1. The van der Waals surface area contributed by atoms with E-state index in [2.05, 4.69) is 10.6 Å². The van der Waals surface area contributed by atoms with Gasteiger partial charge in [0.2, 0.25) is 5.91 Å². The van der Waals surface area contributed by atoms with Crippen LogP contribution in [0.25, 0.3) is 0 Å². The van der Waals surface area contributed by atoms with Crippen molar-refractivity contribution in [1.82, 2.24) is 5.32 Å². The molecule has 1 rings (SSSR count). The number of nitrogens with one attached hydrogen (secondary N) is 2. The first-order valence-electron chi connectivity index (χ1n) is 6.56. The average molecular weight is 300 g/mol. The summed E-state index contributed by atoms with van der Waals surface area (Å²) in [6, 6.07) is 2.14. The first-order chi connectivity index (χ1) is 9.85. The van der Waals surface area contributed by atoms with Crippen LogP contribution in [0.3, 0.4) is 0 Å². The van der Waals surface area contributed by atoms with Gasteiger partial charge >= 0.3 is 5.97 Å². The van der Waals surface area contributed by atoms with Crippen LogP contribution in [0.4, 0.5) is 14.5 Å². The number of carbonyl (C=O) groups is 2. The molecule has 0 spiro atoms. The quantitative estimate of drug-likeness (QED) is 0.719. The van der Waals surface area contributed by atoms with E-state index in [4.69, 9.17) is 5.11 Å². The largest absolute Gasteiger partial charge is 0.480 e. The van der Waals surface area contributed by atoms with Gasteiger partial charge in [-0.25, -0.2) is 8.78 Å². The summed E-state index contributed by atoms with van der Waals surface area (Å²) in [6.45, 7) is 3.38. The molecule has 0 aliphatic carbocycles. The van der Waals surface area contributed by atoms with E-state index < -0.39 is 29.6 Å². The van der Waals surface area contributed by atoms with Gasteiger partial charge in [-0.2, -0.15) is 0 Å². The fourth-order valence-electron chi connectivity index (χ4n) is 1.75. The zero-order valence-electron chi connectivity index (χ0n) is 11.8. The maximum Gasteiger partial charge on any atom is 0.320 e. The number of carboxylic acids is 1. The molecule has 0 unspecified atom stereocenters. The van der Waals surface area contributed by atoms with Gasteiger partial charge in [0.05, 0.1) is 6.54 Å². The van der Waals surface area contributed by atoms with E-state index in [0.717, 1.165) is 12.1 Å². The molecule has 2 atom stereocenters. The topological polar surface area (TPSA) is 78.4 Å². The van der Waals surface area contributed by atoms with Crippen LogP contribution in [0.5, 0.6) is 0 Å². The van der Waals surface area contributed by atoms with E-state index >= 15 is 0 Å². The third-order valence-electron chi connectivity index (χ3n) is 3.16. The molecule has 0 radical (unpaired) electrons. The monoisotopic (exact) mass is 300 g/mol. The lowest BCUT2D eigenvalue weighted by atomic mass is 9.99. The third-order valence-corrected chi connectivity index (χ3v) is 3.16. The van der Waals surface area contributed by atoms with Gasteiger partial charge in [0.25, 0.3) is 0 Å². The third kappa shape index (κ3) is 5.11. The lowest BCUT2D eigenvalue weighted by Gasteiger charge is -2.19. The summed E-state index contributed by atoms with van der Waals surface area (Å²) in [5, 5.41) is 14.1. The Bertz CT molecular complexity index is 523. The van der Waals surface area contributed by atoms with Crippen LogP contribution in [0.1, 0.15) is 20.3 Å². The number of aliphatic carboxylic acids is 1. The number of carbonyl (C=O) groups excluding carboxylic acids is 1. The van der Waals surface area contributed by atoms with Gasteiger partial charge in [0.15, 0.2) is 11.6 Å². The van der Waals surface area contributed by atoms with Gasteiger partial charge in [0, 0.05) is 11.8 Å². The van der Waals surface area contributed by atoms with Crippen LogP contribution >= 0.6 is 0 Å². The Morgan fingerprint density at radius 1 is 1.29 bits per heavy atom. The smallest absolute Gasteiger partial charge is 0.320 e. The molecule has 7 heteroatoms. The molecule has 0 fully saturated rings. The van der Waals surface area contributed by atoms with Crippen LogP contribution in [0, 0.1) is 17.6 Å². The Kier molecular flexibility index (Phi) is 6.23. The molecule has 1 aromatic rings. The van der Waals surface area contributed by atoms with Crippen molar-refractivity contribution in [3.05, 3.63) is 29.8 Å². The second kappa shape index (κ2) is 7.68. The van der Waals surface area contributed by atoms with Crippen molar-refractivity contribution in [2.75, 3.05) is 11.9 Å². The van der Waals surface area contributed by atoms with Gasteiger partial charge in [0.1, 0.15) is 6.04 Å². The molecule has 116 valence electrons. The number of hydrogen-bond donors (Lipinski definition) is 3. The van der Waals surface area contributed by atoms with Gasteiger partial charge in [-0.1, -0.05) is 20.3 Å². The first-order valence-corrected chi connectivity index (χ1v) is 6.56. The second-order valence-corrected chi connectivity index (χ2v) is 4.76. The normalized spacial score (nSPS) is 13.5. The van der Waals surface area contributed by atoms with Crippen molar-refractivity contribution < 1.29 is 23.5 Å². The number of benzene rings is 1. The van der Waals surface area contributed by atoms with Crippen LogP contribution in [-0.4, -0.2) is 29.6 Å². The summed E-state index contributed by atoms with van der Waals surface area (Å²) >= 11 is 0. The van der Waals surface area contributed by atoms with Gasteiger partial charge in [-0.3, -0.25) is 14.9 Å². The van der Waals surface area contributed by atoms with Gasteiger partial charge in [-0.05, 0) is 18.1 Å². The Labute approximate surface area is 121 Å². The van der Waals surface area contributed by atoms with E-state index in [1.807, 2.05) is 6.92 Å². The van der Waals surface area contributed by atoms with E-state index in [1.54, 1.807) is 6.92 Å². The molecular weight excluding hydrogens is 282 g/mol. The molecule has 0 aliphatic heterocycles. The minimum atomic E-state index is -1.07. The molecule has 0 aromatic heterocycles. The molecule has 21 heavy (non-hydrogen) atoms. The second-order valence-electron chi connectivity index (χ2n) is 4.76. The molecule has 0 saturated heterocycles. The van der Waals surface area contributed by atoms with Crippen LogP contribution in [0.15, 0.2) is 18.2 Å². The summed E-state index contributed by atoms with van der Waals surface area (Å²) in [6.07, 6.45) is 0.648. The zero-order valence-corrected chi connectivity index (χ0v) is 11.8. The van der Waals surface area contributed by atoms with E-state index in [9.17, 15) is 18.4 Å². The molecular formula is C14H18F2N2O3. The summed E-state index contributed by atoms with van der Waals surface area (Å²) in [7, 11) is 0. The number of hydrogen-bond acceptors (Lipinski definition) is 3. The summed E-state index contributed by atoms with van der Waals surface area (Å²) in [4.78, 5) is 22.7. The minimum absolute atomic E-state index is 0.108. The molecule has 0 saturated carbocycles. The van der Waals surface area contributed by atoms with Crippen molar-refractivity contribution in [2.45, 2.75) is 26.3 Å². The number of rotatable bonds is 7. The highest BCUT2D eigenvalue weighted by atomic mass is 19.2.